The van der Waals surface area contributed by atoms with Crippen LogP contribution >= 0.6 is 11.3 Å². The maximum atomic E-state index is 4.13. The lowest BCUT2D eigenvalue weighted by Crippen LogP contribution is -1.93. The van der Waals surface area contributed by atoms with Gasteiger partial charge in [0.25, 0.3) is 0 Å². The molecule has 74 valence electrons. The molecule has 0 radical (unpaired) electrons. The zero-order valence-electron chi connectivity index (χ0n) is 8.40. The molecule has 2 aromatic rings. The molecule has 0 N–H and O–H groups in total. The molecule has 0 fully saturated rings. The topological polar surface area (TPSA) is 30.7 Å². The summed E-state index contributed by atoms with van der Waals surface area (Å²) in [5.41, 5.74) is 0. The highest BCUT2D eigenvalue weighted by Crippen LogP contribution is 2.26. The number of thiophene rings is 1. The van der Waals surface area contributed by atoms with Crippen LogP contribution in [0.25, 0.3) is 10.7 Å². The van der Waals surface area contributed by atoms with Crippen LogP contribution in [0, 0.1) is 0 Å². The van der Waals surface area contributed by atoms with Crippen molar-refractivity contribution in [1.82, 2.24) is 14.8 Å². The summed E-state index contributed by atoms with van der Waals surface area (Å²) < 4.78 is 2.06. The van der Waals surface area contributed by atoms with Crippen LogP contribution < -0.4 is 0 Å². The first kappa shape index (κ1) is 9.40. The zero-order valence-corrected chi connectivity index (χ0v) is 9.21. The molecule has 0 spiro atoms. The molecule has 2 aromatic heterocycles. The van der Waals surface area contributed by atoms with Crippen molar-refractivity contribution in [2.75, 3.05) is 0 Å². The Hall–Kier alpha value is -1.16. The highest BCUT2D eigenvalue weighted by molar-refractivity contribution is 7.15. The summed E-state index contributed by atoms with van der Waals surface area (Å²) in [5.74, 6) is 0.984. The van der Waals surface area contributed by atoms with Gasteiger partial charge >= 0.3 is 0 Å². The molecule has 3 nitrogen and oxygen atoms in total. The van der Waals surface area contributed by atoms with Gasteiger partial charge in [-0.3, -0.25) is 0 Å². The van der Waals surface area contributed by atoms with Crippen molar-refractivity contribution in [3.05, 3.63) is 23.3 Å². The second-order valence-corrected chi connectivity index (χ2v) is 4.23. The number of rotatable bonds is 3. The number of hydrogen-bond donors (Lipinski definition) is 0. The van der Waals surface area contributed by atoms with Crippen molar-refractivity contribution in [1.29, 1.82) is 0 Å². The van der Waals surface area contributed by atoms with E-state index in [1.165, 1.54) is 9.75 Å². The standard InChI is InChI=1S/C10H13N3S/c1-3-8-5-6-9(14-8)10-12-11-7-13(10)4-2/h5-7H,3-4H2,1-2H3. The Kier molecular flexibility index (Phi) is 2.63. The minimum Gasteiger partial charge on any atom is -0.313 e. The average Bonchev–Trinajstić information content (AvgIpc) is 2.85. The van der Waals surface area contributed by atoms with E-state index in [0.29, 0.717) is 0 Å². The fourth-order valence-corrected chi connectivity index (χ4v) is 2.31. The summed E-state index contributed by atoms with van der Waals surface area (Å²) in [6, 6.07) is 4.29. The predicted molar refractivity (Wildman–Crippen MR) is 58.4 cm³/mol. The second-order valence-electron chi connectivity index (χ2n) is 3.06. The van der Waals surface area contributed by atoms with Gasteiger partial charge in [-0.1, -0.05) is 6.92 Å². The Bertz CT molecular complexity index is 416. The minimum absolute atomic E-state index is 0.918. The van der Waals surface area contributed by atoms with Crippen molar-refractivity contribution in [3.8, 4) is 10.7 Å². The molecular weight excluding hydrogens is 194 g/mol. The van der Waals surface area contributed by atoms with Crippen molar-refractivity contribution < 1.29 is 0 Å². The molecule has 0 unspecified atom stereocenters. The van der Waals surface area contributed by atoms with E-state index in [9.17, 15) is 0 Å². The molecule has 4 heteroatoms. The molecule has 2 heterocycles. The molecular formula is C10H13N3S. The van der Waals surface area contributed by atoms with Gasteiger partial charge in [0.2, 0.25) is 0 Å². The predicted octanol–water partition coefficient (Wildman–Crippen LogP) is 2.59. The summed E-state index contributed by atoms with van der Waals surface area (Å²) in [6.45, 7) is 5.18. The highest BCUT2D eigenvalue weighted by Gasteiger charge is 2.07. The normalized spacial score (nSPS) is 10.7. The third-order valence-electron chi connectivity index (χ3n) is 2.19. The first-order chi connectivity index (χ1) is 6.85. The van der Waals surface area contributed by atoms with Gasteiger partial charge < -0.3 is 4.57 Å². The van der Waals surface area contributed by atoms with Crippen molar-refractivity contribution in [2.45, 2.75) is 26.8 Å². The SMILES string of the molecule is CCc1ccc(-c2nncn2CC)s1. The first-order valence-corrected chi connectivity index (χ1v) is 5.63. The monoisotopic (exact) mass is 207 g/mol. The van der Waals surface area contributed by atoms with Gasteiger partial charge in [-0.2, -0.15) is 0 Å². The Morgan fingerprint density at radius 2 is 2.21 bits per heavy atom. The lowest BCUT2D eigenvalue weighted by molar-refractivity contribution is 0.768. The van der Waals surface area contributed by atoms with Crippen LogP contribution in [0.15, 0.2) is 18.5 Å². The fraction of sp³-hybridized carbons (Fsp3) is 0.400. The van der Waals surface area contributed by atoms with Gasteiger partial charge in [-0.15, -0.1) is 21.5 Å². The Labute approximate surface area is 87.4 Å². The average molecular weight is 207 g/mol. The van der Waals surface area contributed by atoms with Gasteiger partial charge in [-0.05, 0) is 25.5 Å². The van der Waals surface area contributed by atoms with Crippen LogP contribution in [0.5, 0.6) is 0 Å². The van der Waals surface area contributed by atoms with E-state index in [1.54, 1.807) is 17.7 Å². The van der Waals surface area contributed by atoms with E-state index < -0.39 is 0 Å². The number of aryl methyl sites for hydroxylation is 2. The quantitative estimate of drug-likeness (QED) is 0.774. The molecule has 0 bridgehead atoms. The highest BCUT2D eigenvalue weighted by atomic mass is 32.1. The maximum Gasteiger partial charge on any atom is 0.173 e. The summed E-state index contributed by atoms with van der Waals surface area (Å²) in [5, 5.41) is 8.05. The van der Waals surface area contributed by atoms with E-state index in [2.05, 4.69) is 40.7 Å². The van der Waals surface area contributed by atoms with Gasteiger partial charge in [0.05, 0.1) is 4.88 Å². The Morgan fingerprint density at radius 1 is 1.36 bits per heavy atom. The number of hydrogen-bond acceptors (Lipinski definition) is 3. The number of nitrogens with zero attached hydrogens (tertiary/aromatic N) is 3. The van der Waals surface area contributed by atoms with Gasteiger partial charge in [0.15, 0.2) is 5.82 Å². The first-order valence-electron chi connectivity index (χ1n) is 4.82. The van der Waals surface area contributed by atoms with Gasteiger partial charge in [0.1, 0.15) is 6.33 Å². The molecule has 0 atom stereocenters. The molecule has 0 aromatic carbocycles. The van der Waals surface area contributed by atoms with E-state index in [1.807, 2.05) is 0 Å². The molecule has 14 heavy (non-hydrogen) atoms. The summed E-state index contributed by atoms with van der Waals surface area (Å²) in [4.78, 5) is 2.60. The van der Waals surface area contributed by atoms with Crippen LogP contribution in [-0.4, -0.2) is 14.8 Å². The zero-order chi connectivity index (χ0) is 9.97. The van der Waals surface area contributed by atoms with Crippen LogP contribution in [0.1, 0.15) is 18.7 Å². The summed E-state index contributed by atoms with van der Waals surface area (Å²) in [7, 11) is 0. The molecule has 0 saturated heterocycles. The lowest BCUT2D eigenvalue weighted by atomic mass is 10.3. The molecule has 0 aliphatic heterocycles. The molecule has 0 amide bonds. The van der Waals surface area contributed by atoms with E-state index in [4.69, 9.17) is 0 Å². The third-order valence-corrected chi connectivity index (χ3v) is 3.41. The minimum atomic E-state index is 0.918. The second kappa shape index (κ2) is 3.92. The Morgan fingerprint density at radius 3 is 2.86 bits per heavy atom. The van der Waals surface area contributed by atoms with Crippen LogP contribution in [-0.2, 0) is 13.0 Å². The van der Waals surface area contributed by atoms with Crippen molar-refractivity contribution >= 4 is 11.3 Å². The summed E-state index contributed by atoms with van der Waals surface area (Å²) >= 11 is 1.80. The van der Waals surface area contributed by atoms with Gasteiger partial charge in [-0.25, -0.2) is 0 Å². The Balaban J connectivity index is 2.38. The maximum absolute atomic E-state index is 4.13. The van der Waals surface area contributed by atoms with E-state index in [-0.39, 0.29) is 0 Å². The van der Waals surface area contributed by atoms with E-state index in [0.717, 1.165) is 18.8 Å². The molecule has 0 saturated carbocycles. The van der Waals surface area contributed by atoms with E-state index >= 15 is 0 Å². The largest absolute Gasteiger partial charge is 0.313 e. The molecule has 2 rings (SSSR count). The fourth-order valence-electron chi connectivity index (χ4n) is 1.37. The molecule has 0 aliphatic rings. The van der Waals surface area contributed by atoms with Crippen LogP contribution in [0.3, 0.4) is 0 Å². The van der Waals surface area contributed by atoms with Crippen molar-refractivity contribution in [2.24, 2.45) is 0 Å². The molecule has 0 aliphatic carbocycles. The third kappa shape index (κ3) is 1.57. The van der Waals surface area contributed by atoms with Crippen molar-refractivity contribution in [3.63, 3.8) is 0 Å². The van der Waals surface area contributed by atoms with Crippen LogP contribution in [0.4, 0.5) is 0 Å². The number of aromatic nitrogens is 3. The van der Waals surface area contributed by atoms with Crippen LogP contribution in [0.2, 0.25) is 0 Å². The lowest BCUT2D eigenvalue weighted by Gasteiger charge is -1.98. The van der Waals surface area contributed by atoms with Gasteiger partial charge in [0, 0.05) is 11.4 Å². The summed E-state index contributed by atoms with van der Waals surface area (Å²) in [6.07, 6.45) is 2.87. The smallest absolute Gasteiger partial charge is 0.173 e.